The Bertz CT molecular complexity index is 777. The van der Waals surface area contributed by atoms with E-state index in [9.17, 15) is 4.79 Å². The summed E-state index contributed by atoms with van der Waals surface area (Å²) in [5.74, 6) is 1.77. The average molecular weight is 383 g/mol. The minimum absolute atomic E-state index is 0.0745. The Morgan fingerprint density at radius 1 is 1.14 bits per heavy atom. The van der Waals surface area contributed by atoms with Crippen molar-refractivity contribution in [2.45, 2.75) is 38.6 Å². The van der Waals surface area contributed by atoms with Gasteiger partial charge in [-0.05, 0) is 61.9 Å². The Morgan fingerprint density at radius 3 is 2.82 bits per heavy atom. The maximum absolute atomic E-state index is 12.1. The molecule has 5 heteroatoms. The number of methoxy groups -OCH3 is 1. The summed E-state index contributed by atoms with van der Waals surface area (Å²) in [5, 5.41) is 0. The zero-order chi connectivity index (χ0) is 19.8. The molecule has 0 aromatic heterocycles. The fraction of sp³-hybridized carbons (Fsp3) is 0.435. The van der Waals surface area contributed by atoms with Crippen LogP contribution in [0.15, 0.2) is 48.5 Å². The van der Waals surface area contributed by atoms with Crippen LogP contribution in [0.25, 0.3) is 0 Å². The smallest absolute Gasteiger partial charge is 0.410 e. The highest BCUT2D eigenvalue weighted by molar-refractivity contribution is 5.68. The predicted molar refractivity (Wildman–Crippen MR) is 109 cm³/mol. The first-order chi connectivity index (χ1) is 13.7. The molecule has 1 aliphatic rings. The monoisotopic (exact) mass is 383 g/mol. The molecule has 5 nitrogen and oxygen atoms in total. The summed E-state index contributed by atoms with van der Waals surface area (Å²) < 4.78 is 16.6. The third-order valence-electron chi connectivity index (χ3n) is 5.10. The molecule has 2 aromatic carbocycles. The van der Waals surface area contributed by atoms with Crippen LogP contribution in [0.2, 0.25) is 0 Å². The van der Waals surface area contributed by atoms with Crippen molar-refractivity contribution >= 4 is 6.09 Å². The SMILES string of the molecule is CCOC(=O)N1CCC[C@H]1COc1ccccc1CCc1cccc(OC)c1. The molecule has 2 aromatic rings. The number of carbonyl (C=O) groups is 1. The van der Waals surface area contributed by atoms with Crippen LogP contribution >= 0.6 is 0 Å². The molecule has 0 N–H and O–H groups in total. The summed E-state index contributed by atoms with van der Waals surface area (Å²) in [6.45, 7) is 3.47. The van der Waals surface area contributed by atoms with Gasteiger partial charge in [0.1, 0.15) is 18.1 Å². The lowest BCUT2D eigenvalue weighted by molar-refractivity contribution is 0.0916. The fourth-order valence-electron chi connectivity index (χ4n) is 3.60. The van der Waals surface area contributed by atoms with E-state index in [2.05, 4.69) is 18.2 Å². The Morgan fingerprint density at radius 2 is 2.00 bits per heavy atom. The molecular weight excluding hydrogens is 354 g/mol. The van der Waals surface area contributed by atoms with E-state index in [-0.39, 0.29) is 12.1 Å². The second-order valence-corrected chi connectivity index (χ2v) is 6.96. The predicted octanol–water partition coefficient (Wildman–Crippen LogP) is 4.48. The van der Waals surface area contributed by atoms with E-state index in [1.165, 1.54) is 11.1 Å². The normalized spacial score (nSPS) is 16.1. The number of hydrogen-bond donors (Lipinski definition) is 0. The van der Waals surface area contributed by atoms with Crippen molar-refractivity contribution in [2.75, 3.05) is 26.9 Å². The molecular formula is C23H29NO4. The number of likely N-dealkylation sites (tertiary alicyclic amines) is 1. The van der Waals surface area contributed by atoms with Crippen LogP contribution in [0, 0.1) is 0 Å². The number of aryl methyl sites for hydroxylation is 2. The number of nitrogens with zero attached hydrogens (tertiary/aromatic N) is 1. The first-order valence-electron chi connectivity index (χ1n) is 9.98. The lowest BCUT2D eigenvalue weighted by Gasteiger charge is -2.24. The third kappa shape index (κ3) is 5.18. The second-order valence-electron chi connectivity index (χ2n) is 6.96. The topological polar surface area (TPSA) is 48.0 Å². The van der Waals surface area contributed by atoms with Crippen molar-refractivity contribution in [3.63, 3.8) is 0 Å². The van der Waals surface area contributed by atoms with Gasteiger partial charge in [0.25, 0.3) is 0 Å². The summed E-state index contributed by atoms with van der Waals surface area (Å²) in [5.41, 5.74) is 2.41. The van der Waals surface area contributed by atoms with Gasteiger partial charge in [0, 0.05) is 6.54 Å². The number of rotatable bonds is 8. The van der Waals surface area contributed by atoms with E-state index in [0.29, 0.717) is 13.2 Å². The van der Waals surface area contributed by atoms with Crippen molar-refractivity contribution in [3.05, 3.63) is 59.7 Å². The molecule has 1 saturated heterocycles. The van der Waals surface area contributed by atoms with Crippen molar-refractivity contribution in [1.29, 1.82) is 0 Å². The summed E-state index contributed by atoms with van der Waals surface area (Å²) in [7, 11) is 1.69. The second kappa shape index (κ2) is 10.0. The molecule has 0 bridgehead atoms. The zero-order valence-electron chi connectivity index (χ0n) is 16.7. The lowest BCUT2D eigenvalue weighted by atomic mass is 10.0. The first-order valence-corrected chi connectivity index (χ1v) is 9.98. The molecule has 0 saturated carbocycles. The van der Waals surface area contributed by atoms with Gasteiger partial charge >= 0.3 is 6.09 Å². The van der Waals surface area contributed by atoms with Crippen LogP contribution in [0.1, 0.15) is 30.9 Å². The van der Waals surface area contributed by atoms with E-state index >= 15 is 0 Å². The molecule has 1 aliphatic heterocycles. The lowest BCUT2D eigenvalue weighted by Crippen LogP contribution is -2.39. The molecule has 0 unspecified atom stereocenters. The van der Waals surface area contributed by atoms with E-state index in [1.54, 1.807) is 12.0 Å². The molecule has 1 atom stereocenters. The Hall–Kier alpha value is -2.69. The van der Waals surface area contributed by atoms with Gasteiger partial charge in [-0.1, -0.05) is 30.3 Å². The quantitative estimate of drug-likeness (QED) is 0.674. The summed E-state index contributed by atoms with van der Waals surface area (Å²) in [4.78, 5) is 13.9. The van der Waals surface area contributed by atoms with Crippen molar-refractivity contribution in [1.82, 2.24) is 4.90 Å². The maximum Gasteiger partial charge on any atom is 0.410 e. The number of carbonyl (C=O) groups excluding carboxylic acids is 1. The van der Waals surface area contributed by atoms with Gasteiger partial charge in [0.05, 0.1) is 19.8 Å². The molecule has 1 fully saturated rings. The number of para-hydroxylation sites is 1. The van der Waals surface area contributed by atoms with Gasteiger partial charge in [0.15, 0.2) is 0 Å². The fourth-order valence-corrected chi connectivity index (χ4v) is 3.60. The van der Waals surface area contributed by atoms with Gasteiger partial charge in [-0.15, -0.1) is 0 Å². The summed E-state index contributed by atoms with van der Waals surface area (Å²) in [6, 6.07) is 16.4. The van der Waals surface area contributed by atoms with Crippen molar-refractivity contribution in [2.24, 2.45) is 0 Å². The van der Waals surface area contributed by atoms with Gasteiger partial charge in [-0.2, -0.15) is 0 Å². The Labute approximate surface area is 167 Å². The van der Waals surface area contributed by atoms with Crippen LogP contribution in [0.3, 0.4) is 0 Å². The molecule has 1 heterocycles. The molecule has 1 amide bonds. The van der Waals surface area contributed by atoms with Crippen LogP contribution < -0.4 is 9.47 Å². The molecule has 0 spiro atoms. The van der Waals surface area contributed by atoms with Gasteiger partial charge in [0.2, 0.25) is 0 Å². The Kier molecular flexibility index (Phi) is 7.18. The van der Waals surface area contributed by atoms with Crippen LogP contribution in [-0.4, -0.2) is 43.9 Å². The van der Waals surface area contributed by atoms with Crippen molar-refractivity contribution < 1.29 is 19.0 Å². The summed E-state index contributed by atoms with van der Waals surface area (Å²) in [6.07, 6.45) is 3.50. The van der Waals surface area contributed by atoms with Crippen LogP contribution in [0.4, 0.5) is 4.79 Å². The Balaban J connectivity index is 1.60. The molecule has 0 radical (unpaired) electrons. The molecule has 0 aliphatic carbocycles. The molecule has 150 valence electrons. The van der Waals surface area contributed by atoms with Gasteiger partial charge in [-0.3, -0.25) is 0 Å². The van der Waals surface area contributed by atoms with E-state index < -0.39 is 0 Å². The molecule has 28 heavy (non-hydrogen) atoms. The highest BCUT2D eigenvalue weighted by atomic mass is 16.6. The first kappa shape index (κ1) is 20.1. The number of benzene rings is 2. The minimum atomic E-state index is -0.236. The number of ether oxygens (including phenoxy) is 3. The highest BCUT2D eigenvalue weighted by Gasteiger charge is 2.30. The van der Waals surface area contributed by atoms with Crippen LogP contribution in [-0.2, 0) is 17.6 Å². The number of hydrogen-bond acceptors (Lipinski definition) is 4. The minimum Gasteiger partial charge on any atom is -0.497 e. The standard InChI is InChI=1S/C23H29NO4/c1-3-27-23(25)24-15-7-10-20(24)17-28-22-12-5-4-9-19(22)14-13-18-8-6-11-21(16-18)26-2/h4-6,8-9,11-12,16,20H,3,7,10,13-15,17H2,1-2H3/t20-/m0/s1. The van der Waals surface area contributed by atoms with E-state index in [4.69, 9.17) is 14.2 Å². The van der Waals surface area contributed by atoms with Gasteiger partial charge < -0.3 is 19.1 Å². The summed E-state index contributed by atoms with van der Waals surface area (Å²) >= 11 is 0. The largest absolute Gasteiger partial charge is 0.497 e. The maximum atomic E-state index is 12.1. The zero-order valence-corrected chi connectivity index (χ0v) is 16.7. The van der Waals surface area contributed by atoms with E-state index in [1.807, 2.05) is 37.3 Å². The van der Waals surface area contributed by atoms with E-state index in [0.717, 1.165) is 43.7 Å². The van der Waals surface area contributed by atoms with Crippen LogP contribution in [0.5, 0.6) is 11.5 Å². The third-order valence-corrected chi connectivity index (χ3v) is 5.10. The van der Waals surface area contributed by atoms with Gasteiger partial charge in [-0.25, -0.2) is 4.79 Å². The number of amides is 1. The highest BCUT2D eigenvalue weighted by Crippen LogP contribution is 2.24. The van der Waals surface area contributed by atoms with Crippen molar-refractivity contribution in [3.8, 4) is 11.5 Å². The molecule has 3 rings (SSSR count). The average Bonchev–Trinajstić information content (AvgIpc) is 3.20.